The number of likely N-dealkylation sites (N-methyl/N-ethyl adjacent to an activating group) is 1. The Bertz CT molecular complexity index is 461. The van der Waals surface area contributed by atoms with Gasteiger partial charge < -0.3 is 15.4 Å². The topological polar surface area (TPSA) is 55.6 Å². The molecule has 1 aliphatic rings. The first-order chi connectivity index (χ1) is 9.08. The van der Waals surface area contributed by atoms with E-state index >= 15 is 0 Å². The van der Waals surface area contributed by atoms with Gasteiger partial charge in [0.05, 0.1) is 12.2 Å². The maximum Gasteiger partial charge on any atom is 0.256 e. The highest BCUT2D eigenvalue weighted by Gasteiger charge is 2.21. The molecule has 0 aromatic heterocycles. The van der Waals surface area contributed by atoms with Crippen LogP contribution in [0.1, 0.15) is 23.2 Å². The van der Waals surface area contributed by atoms with Crippen molar-refractivity contribution in [2.24, 2.45) is 5.92 Å². The Labute approximate surface area is 112 Å². The fraction of sp³-hybridized carbons (Fsp3) is 0.500. The van der Waals surface area contributed by atoms with E-state index in [2.05, 4.69) is 0 Å². The Morgan fingerprint density at radius 2 is 2.26 bits per heavy atom. The second-order valence-electron chi connectivity index (χ2n) is 4.98. The van der Waals surface area contributed by atoms with Crippen LogP contribution in [0, 0.1) is 11.7 Å². The molecule has 1 saturated carbocycles. The maximum absolute atomic E-state index is 13.5. The van der Waals surface area contributed by atoms with E-state index in [1.54, 1.807) is 7.05 Å². The number of nitrogens with two attached hydrogens (primary N) is 1. The number of rotatable bonds is 6. The normalized spacial score (nSPS) is 14.4. The summed E-state index contributed by atoms with van der Waals surface area (Å²) in [5.74, 6) is -0.225. The molecule has 0 heterocycles. The Balaban J connectivity index is 1.84. The average molecular weight is 266 g/mol. The van der Waals surface area contributed by atoms with Gasteiger partial charge in [0.25, 0.3) is 5.91 Å². The minimum Gasteiger partial charge on any atom is -0.399 e. The van der Waals surface area contributed by atoms with E-state index in [0.717, 1.165) is 6.61 Å². The quantitative estimate of drug-likeness (QED) is 0.632. The number of anilines is 1. The molecule has 2 rings (SSSR count). The van der Waals surface area contributed by atoms with E-state index in [-0.39, 0.29) is 11.5 Å². The van der Waals surface area contributed by atoms with E-state index in [9.17, 15) is 9.18 Å². The van der Waals surface area contributed by atoms with Crippen molar-refractivity contribution in [2.75, 3.05) is 32.5 Å². The van der Waals surface area contributed by atoms with Gasteiger partial charge in [0, 0.05) is 25.9 Å². The predicted molar refractivity (Wildman–Crippen MR) is 71.3 cm³/mol. The fourth-order valence-electron chi connectivity index (χ4n) is 1.75. The summed E-state index contributed by atoms with van der Waals surface area (Å²) in [6.07, 6.45) is 2.48. The minimum atomic E-state index is -0.551. The first kappa shape index (κ1) is 13.8. The van der Waals surface area contributed by atoms with Crippen molar-refractivity contribution >= 4 is 11.6 Å². The summed E-state index contributed by atoms with van der Waals surface area (Å²) in [4.78, 5) is 13.5. The summed E-state index contributed by atoms with van der Waals surface area (Å²) in [6.45, 7) is 1.68. The van der Waals surface area contributed by atoms with Crippen molar-refractivity contribution < 1.29 is 13.9 Å². The molecule has 104 valence electrons. The van der Waals surface area contributed by atoms with Gasteiger partial charge in [0.1, 0.15) is 5.82 Å². The van der Waals surface area contributed by atoms with Crippen LogP contribution in [-0.4, -0.2) is 37.6 Å². The summed E-state index contributed by atoms with van der Waals surface area (Å²) >= 11 is 0. The summed E-state index contributed by atoms with van der Waals surface area (Å²) in [6, 6.07) is 4.00. The van der Waals surface area contributed by atoms with Crippen LogP contribution in [0.25, 0.3) is 0 Å². The molecule has 1 aliphatic carbocycles. The number of benzene rings is 1. The SMILES string of the molecule is CN(CCOCC1CC1)C(=O)c1cc(N)ccc1F. The molecule has 0 saturated heterocycles. The van der Waals surface area contributed by atoms with Gasteiger partial charge in [0.2, 0.25) is 0 Å². The van der Waals surface area contributed by atoms with E-state index in [1.807, 2.05) is 0 Å². The van der Waals surface area contributed by atoms with E-state index in [4.69, 9.17) is 10.5 Å². The molecular formula is C14H19FN2O2. The van der Waals surface area contributed by atoms with E-state index < -0.39 is 5.82 Å². The molecule has 4 nitrogen and oxygen atoms in total. The van der Waals surface area contributed by atoms with Gasteiger partial charge in [0.15, 0.2) is 0 Å². The second-order valence-corrected chi connectivity index (χ2v) is 4.98. The van der Waals surface area contributed by atoms with Gasteiger partial charge in [-0.05, 0) is 37.0 Å². The lowest BCUT2D eigenvalue weighted by atomic mass is 10.1. The third-order valence-corrected chi connectivity index (χ3v) is 3.19. The lowest BCUT2D eigenvalue weighted by Crippen LogP contribution is -2.31. The van der Waals surface area contributed by atoms with Crippen molar-refractivity contribution in [3.8, 4) is 0 Å². The van der Waals surface area contributed by atoms with Crippen LogP contribution >= 0.6 is 0 Å². The van der Waals surface area contributed by atoms with Crippen LogP contribution in [0.3, 0.4) is 0 Å². The standard InChI is InChI=1S/C14H19FN2O2/c1-17(6-7-19-9-10-2-3-10)14(18)12-8-11(16)4-5-13(12)15/h4-5,8,10H,2-3,6-7,9,16H2,1H3. The van der Waals surface area contributed by atoms with Crippen molar-refractivity contribution in [3.63, 3.8) is 0 Å². The highest BCUT2D eigenvalue weighted by atomic mass is 19.1. The van der Waals surface area contributed by atoms with Crippen LogP contribution in [-0.2, 0) is 4.74 Å². The van der Waals surface area contributed by atoms with Crippen molar-refractivity contribution in [3.05, 3.63) is 29.6 Å². The van der Waals surface area contributed by atoms with Crippen LogP contribution in [0.5, 0.6) is 0 Å². The van der Waals surface area contributed by atoms with Gasteiger partial charge in [-0.15, -0.1) is 0 Å². The van der Waals surface area contributed by atoms with Gasteiger partial charge in [-0.3, -0.25) is 4.79 Å². The minimum absolute atomic E-state index is 0.00435. The van der Waals surface area contributed by atoms with Crippen LogP contribution in [0.15, 0.2) is 18.2 Å². The molecule has 0 aliphatic heterocycles. The number of amides is 1. The molecule has 1 aromatic rings. The predicted octanol–water partition coefficient (Wildman–Crippen LogP) is 1.91. The number of carbonyl (C=O) groups is 1. The zero-order chi connectivity index (χ0) is 13.8. The molecule has 5 heteroatoms. The first-order valence-corrected chi connectivity index (χ1v) is 6.46. The van der Waals surface area contributed by atoms with Crippen molar-refractivity contribution in [2.45, 2.75) is 12.8 Å². The Morgan fingerprint density at radius 1 is 1.53 bits per heavy atom. The number of nitrogen functional groups attached to an aromatic ring is 1. The van der Waals surface area contributed by atoms with Crippen LogP contribution in [0.2, 0.25) is 0 Å². The third-order valence-electron chi connectivity index (χ3n) is 3.19. The summed E-state index contributed by atoms with van der Waals surface area (Å²) in [7, 11) is 1.63. The molecule has 1 fully saturated rings. The third kappa shape index (κ3) is 3.92. The van der Waals surface area contributed by atoms with Gasteiger partial charge >= 0.3 is 0 Å². The van der Waals surface area contributed by atoms with Crippen LogP contribution in [0.4, 0.5) is 10.1 Å². The molecule has 1 amide bonds. The fourth-order valence-corrected chi connectivity index (χ4v) is 1.75. The zero-order valence-corrected chi connectivity index (χ0v) is 11.1. The Kier molecular flexibility index (Phi) is 4.37. The highest BCUT2D eigenvalue weighted by molar-refractivity contribution is 5.95. The van der Waals surface area contributed by atoms with E-state index in [0.29, 0.717) is 24.8 Å². The molecule has 0 spiro atoms. The summed E-state index contributed by atoms with van der Waals surface area (Å²) < 4.78 is 19.0. The summed E-state index contributed by atoms with van der Waals surface area (Å²) in [5, 5.41) is 0. The number of hydrogen-bond donors (Lipinski definition) is 1. The number of ether oxygens (including phenoxy) is 1. The first-order valence-electron chi connectivity index (χ1n) is 6.46. The largest absolute Gasteiger partial charge is 0.399 e. The van der Waals surface area contributed by atoms with Gasteiger partial charge in [-0.25, -0.2) is 4.39 Å². The molecule has 0 bridgehead atoms. The molecular weight excluding hydrogens is 247 g/mol. The Morgan fingerprint density at radius 3 is 2.95 bits per heavy atom. The summed E-state index contributed by atoms with van der Waals surface area (Å²) in [5.41, 5.74) is 5.95. The smallest absolute Gasteiger partial charge is 0.256 e. The van der Waals surface area contributed by atoms with Gasteiger partial charge in [-0.2, -0.15) is 0 Å². The average Bonchev–Trinajstić information content (AvgIpc) is 3.20. The van der Waals surface area contributed by atoms with Crippen LogP contribution < -0.4 is 5.73 Å². The lowest BCUT2D eigenvalue weighted by Gasteiger charge is -2.17. The molecule has 0 radical (unpaired) electrons. The second kappa shape index (κ2) is 6.02. The van der Waals surface area contributed by atoms with Gasteiger partial charge in [-0.1, -0.05) is 0 Å². The van der Waals surface area contributed by atoms with Crippen molar-refractivity contribution in [1.82, 2.24) is 4.90 Å². The maximum atomic E-state index is 13.5. The number of hydrogen-bond acceptors (Lipinski definition) is 3. The lowest BCUT2D eigenvalue weighted by molar-refractivity contribution is 0.0677. The van der Waals surface area contributed by atoms with Crippen molar-refractivity contribution in [1.29, 1.82) is 0 Å². The Hall–Kier alpha value is -1.62. The molecule has 19 heavy (non-hydrogen) atoms. The van der Waals surface area contributed by atoms with E-state index in [1.165, 1.54) is 35.9 Å². The molecule has 1 aromatic carbocycles. The highest BCUT2D eigenvalue weighted by Crippen LogP contribution is 2.28. The monoisotopic (exact) mass is 266 g/mol. The molecule has 0 unspecified atom stereocenters. The zero-order valence-electron chi connectivity index (χ0n) is 11.1. The number of halogens is 1. The number of nitrogens with zero attached hydrogens (tertiary/aromatic N) is 1. The molecule has 0 atom stereocenters. The molecule has 2 N–H and O–H groups in total. The number of carbonyl (C=O) groups excluding carboxylic acids is 1.